The second-order valence-electron chi connectivity index (χ2n) is 5.40. The van der Waals surface area contributed by atoms with Gasteiger partial charge in [0.15, 0.2) is 0 Å². The third kappa shape index (κ3) is 3.01. The van der Waals surface area contributed by atoms with Crippen LogP contribution in [0.5, 0.6) is 5.75 Å². The number of thiol groups is 1. The molecule has 0 radical (unpaired) electrons. The molecule has 0 aromatic heterocycles. The standard InChI is InChI=1S/C15H22O2S/c1-15(2,18)12-4-5-13(14(10-12)16-3)11-6-8-17-9-7-11/h4-5,10-11,18H,6-9H2,1-3H3. The smallest absolute Gasteiger partial charge is 0.122 e. The van der Waals surface area contributed by atoms with Crippen molar-refractivity contribution in [3.05, 3.63) is 29.3 Å². The molecule has 0 aliphatic carbocycles. The fourth-order valence-corrected chi connectivity index (χ4v) is 2.58. The highest BCUT2D eigenvalue weighted by Gasteiger charge is 2.22. The second-order valence-corrected chi connectivity index (χ2v) is 6.52. The minimum absolute atomic E-state index is 0.137. The number of ether oxygens (including phenoxy) is 2. The zero-order valence-electron chi connectivity index (χ0n) is 11.4. The molecular formula is C15H22O2S. The van der Waals surface area contributed by atoms with Gasteiger partial charge in [-0.1, -0.05) is 12.1 Å². The molecule has 1 aromatic rings. The van der Waals surface area contributed by atoms with Gasteiger partial charge in [-0.25, -0.2) is 0 Å². The molecular weight excluding hydrogens is 244 g/mol. The molecule has 0 saturated carbocycles. The van der Waals surface area contributed by atoms with E-state index in [1.165, 1.54) is 11.1 Å². The molecule has 1 aromatic carbocycles. The molecule has 18 heavy (non-hydrogen) atoms. The van der Waals surface area contributed by atoms with Gasteiger partial charge in [-0.15, -0.1) is 0 Å². The molecule has 0 unspecified atom stereocenters. The van der Waals surface area contributed by atoms with E-state index in [2.05, 4.69) is 44.7 Å². The molecule has 2 nitrogen and oxygen atoms in total. The van der Waals surface area contributed by atoms with E-state index in [9.17, 15) is 0 Å². The van der Waals surface area contributed by atoms with Gasteiger partial charge in [-0.3, -0.25) is 0 Å². The Morgan fingerprint density at radius 3 is 2.50 bits per heavy atom. The van der Waals surface area contributed by atoms with Gasteiger partial charge in [0.1, 0.15) is 5.75 Å². The van der Waals surface area contributed by atoms with Gasteiger partial charge in [0, 0.05) is 18.0 Å². The molecule has 0 bridgehead atoms. The molecule has 3 heteroatoms. The summed E-state index contributed by atoms with van der Waals surface area (Å²) < 4.78 is 10.8. The number of hydrogen-bond donors (Lipinski definition) is 1. The van der Waals surface area contributed by atoms with Crippen LogP contribution in [0.1, 0.15) is 43.7 Å². The van der Waals surface area contributed by atoms with Crippen molar-refractivity contribution >= 4 is 12.6 Å². The van der Waals surface area contributed by atoms with Crippen LogP contribution in [0, 0.1) is 0 Å². The first-order valence-corrected chi connectivity index (χ1v) is 6.95. The molecule has 0 spiro atoms. The summed E-state index contributed by atoms with van der Waals surface area (Å²) in [5, 5.41) is 0. The van der Waals surface area contributed by atoms with Crippen molar-refractivity contribution < 1.29 is 9.47 Å². The van der Waals surface area contributed by atoms with Crippen LogP contribution in [0.25, 0.3) is 0 Å². The second kappa shape index (κ2) is 5.54. The fraction of sp³-hybridized carbons (Fsp3) is 0.600. The lowest BCUT2D eigenvalue weighted by molar-refractivity contribution is 0.0848. The van der Waals surface area contributed by atoms with E-state index >= 15 is 0 Å². The topological polar surface area (TPSA) is 18.5 Å². The maximum Gasteiger partial charge on any atom is 0.122 e. The summed E-state index contributed by atoms with van der Waals surface area (Å²) >= 11 is 4.62. The van der Waals surface area contributed by atoms with Gasteiger partial charge in [-0.2, -0.15) is 12.6 Å². The molecule has 0 amide bonds. The lowest BCUT2D eigenvalue weighted by atomic mass is 9.89. The molecule has 1 aliphatic rings. The number of benzene rings is 1. The van der Waals surface area contributed by atoms with Crippen molar-refractivity contribution in [3.63, 3.8) is 0 Å². The summed E-state index contributed by atoms with van der Waals surface area (Å²) in [5.41, 5.74) is 2.50. The summed E-state index contributed by atoms with van der Waals surface area (Å²) in [5.74, 6) is 1.55. The van der Waals surface area contributed by atoms with E-state index in [0.29, 0.717) is 5.92 Å². The zero-order chi connectivity index (χ0) is 13.2. The van der Waals surface area contributed by atoms with Gasteiger partial charge in [-0.05, 0) is 49.8 Å². The summed E-state index contributed by atoms with van der Waals surface area (Å²) in [7, 11) is 1.74. The minimum Gasteiger partial charge on any atom is -0.496 e. The van der Waals surface area contributed by atoms with Crippen LogP contribution in [0.3, 0.4) is 0 Å². The Kier molecular flexibility index (Phi) is 4.23. The van der Waals surface area contributed by atoms with Crippen LogP contribution in [0.4, 0.5) is 0 Å². The van der Waals surface area contributed by atoms with Crippen LogP contribution in [0.15, 0.2) is 18.2 Å². The first kappa shape index (κ1) is 13.8. The molecule has 100 valence electrons. The maximum absolute atomic E-state index is 5.56. The van der Waals surface area contributed by atoms with E-state index < -0.39 is 0 Å². The molecule has 0 atom stereocenters. The van der Waals surface area contributed by atoms with Gasteiger partial charge < -0.3 is 9.47 Å². The summed E-state index contributed by atoms with van der Waals surface area (Å²) in [6, 6.07) is 6.49. The van der Waals surface area contributed by atoms with Crippen LogP contribution in [-0.4, -0.2) is 20.3 Å². The zero-order valence-corrected chi connectivity index (χ0v) is 12.3. The third-order valence-corrected chi connectivity index (χ3v) is 3.86. The van der Waals surface area contributed by atoms with Crippen LogP contribution < -0.4 is 4.74 Å². The number of methoxy groups -OCH3 is 1. The van der Waals surface area contributed by atoms with Gasteiger partial charge in [0.2, 0.25) is 0 Å². The highest BCUT2D eigenvalue weighted by atomic mass is 32.1. The average Bonchev–Trinajstić information content (AvgIpc) is 2.38. The molecule has 2 rings (SSSR count). The fourth-order valence-electron chi connectivity index (χ4n) is 2.44. The first-order valence-electron chi connectivity index (χ1n) is 6.51. The lowest BCUT2D eigenvalue weighted by Gasteiger charge is -2.26. The van der Waals surface area contributed by atoms with E-state index in [1.54, 1.807) is 7.11 Å². The SMILES string of the molecule is COc1cc(C(C)(C)S)ccc1C1CCOCC1. The van der Waals surface area contributed by atoms with Crippen molar-refractivity contribution in [1.29, 1.82) is 0 Å². The highest BCUT2D eigenvalue weighted by Crippen LogP contribution is 2.37. The summed E-state index contributed by atoms with van der Waals surface area (Å²) in [6.45, 7) is 5.90. The summed E-state index contributed by atoms with van der Waals surface area (Å²) in [6.07, 6.45) is 2.17. The van der Waals surface area contributed by atoms with Crippen LogP contribution >= 0.6 is 12.6 Å². The predicted molar refractivity (Wildman–Crippen MR) is 77.8 cm³/mol. The van der Waals surface area contributed by atoms with Crippen molar-refractivity contribution in [2.75, 3.05) is 20.3 Å². The molecule has 1 aliphatic heterocycles. The van der Waals surface area contributed by atoms with Gasteiger partial charge in [0.05, 0.1) is 7.11 Å². The van der Waals surface area contributed by atoms with Gasteiger partial charge in [0.25, 0.3) is 0 Å². The van der Waals surface area contributed by atoms with Crippen LogP contribution in [0.2, 0.25) is 0 Å². The van der Waals surface area contributed by atoms with E-state index in [-0.39, 0.29) is 4.75 Å². The third-order valence-electron chi connectivity index (χ3n) is 3.60. The Bertz CT molecular complexity index is 403. The maximum atomic E-state index is 5.56. The Labute approximate surface area is 115 Å². The number of hydrogen-bond acceptors (Lipinski definition) is 3. The number of rotatable bonds is 3. The quantitative estimate of drug-likeness (QED) is 0.840. The minimum atomic E-state index is -0.137. The Balaban J connectivity index is 2.30. The summed E-state index contributed by atoms with van der Waals surface area (Å²) in [4.78, 5) is 0. The molecule has 0 N–H and O–H groups in total. The lowest BCUT2D eigenvalue weighted by Crippen LogP contribution is -2.15. The van der Waals surface area contributed by atoms with E-state index in [1.807, 2.05) is 0 Å². The van der Waals surface area contributed by atoms with Crippen molar-refractivity contribution in [3.8, 4) is 5.75 Å². The predicted octanol–water partition coefficient (Wildman–Crippen LogP) is 3.75. The molecule has 1 saturated heterocycles. The average molecular weight is 266 g/mol. The van der Waals surface area contributed by atoms with Crippen LogP contribution in [-0.2, 0) is 9.48 Å². The van der Waals surface area contributed by atoms with E-state index in [4.69, 9.17) is 9.47 Å². The Morgan fingerprint density at radius 1 is 1.28 bits per heavy atom. The van der Waals surface area contributed by atoms with Crippen molar-refractivity contribution in [1.82, 2.24) is 0 Å². The van der Waals surface area contributed by atoms with E-state index in [0.717, 1.165) is 31.8 Å². The van der Waals surface area contributed by atoms with Gasteiger partial charge >= 0.3 is 0 Å². The monoisotopic (exact) mass is 266 g/mol. The Morgan fingerprint density at radius 2 is 1.94 bits per heavy atom. The van der Waals surface area contributed by atoms with Crippen molar-refractivity contribution in [2.24, 2.45) is 0 Å². The molecule has 1 heterocycles. The normalized spacial score (nSPS) is 17.8. The first-order chi connectivity index (χ1) is 8.52. The largest absolute Gasteiger partial charge is 0.496 e. The van der Waals surface area contributed by atoms with Crippen molar-refractivity contribution in [2.45, 2.75) is 37.4 Å². The molecule has 1 fully saturated rings. The Hall–Kier alpha value is -0.670. The highest BCUT2D eigenvalue weighted by molar-refractivity contribution is 7.81.